The molecular weight excluding hydrogens is 281 g/mol. The summed E-state index contributed by atoms with van der Waals surface area (Å²) in [7, 11) is 0. The van der Waals surface area contributed by atoms with E-state index in [2.05, 4.69) is 14.8 Å². The normalized spacial score (nSPS) is 14.2. The number of anilines is 1. The number of ether oxygens (including phenoxy) is 1. The van der Waals surface area contributed by atoms with Crippen LogP contribution < -0.4 is 10.5 Å². The number of hydrogen-bond acceptors (Lipinski definition) is 5. The monoisotopic (exact) mass is 292 g/mol. The van der Waals surface area contributed by atoms with Crippen LogP contribution in [-0.4, -0.2) is 29.2 Å². The zero-order valence-corrected chi connectivity index (χ0v) is 9.95. The van der Waals surface area contributed by atoms with Gasteiger partial charge in [-0.15, -0.1) is 13.2 Å². The lowest BCUT2D eigenvalue weighted by Crippen LogP contribution is -2.22. The highest BCUT2D eigenvalue weighted by molar-refractivity contribution is 5.54. The van der Waals surface area contributed by atoms with E-state index in [9.17, 15) is 23.4 Å². The second-order valence-electron chi connectivity index (χ2n) is 3.77. The van der Waals surface area contributed by atoms with E-state index in [1.165, 1.54) is 0 Å². The maximum Gasteiger partial charge on any atom is 0.573 e. The SMILES string of the molecule is [N-]=[N+]=NCC(O)C(O)c1ccc(OC(F)(F)F)c(N)c1. The molecule has 2 atom stereocenters. The molecule has 0 aliphatic heterocycles. The van der Waals surface area contributed by atoms with E-state index in [0.717, 1.165) is 18.2 Å². The molecule has 0 heterocycles. The van der Waals surface area contributed by atoms with Crippen molar-refractivity contribution in [2.24, 2.45) is 5.11 Å². The molecule has 0 amide bonds. The molecule has 0 aliphatic rings. The fraction of sp³-hybridized carbons (Fsp3) is 0.400. The van der Waals surface area contributed by atoms with Gasteiger partial charge in [-0.3, -0.25) is 0 Å². The van der Waals surface area contributed by atoms with Gasteiger partial charge in [-0.25, -0.2) is 0 Å². The highest BCUT2D eigenvalue weighted by atomic mass is 19.4. The molecule has 1 aromatic rings. The quantitative estimate of drug-likeness (QED) is 0.331. The third-order valence-corrected chi connectivity index (χ3v) is 2.30. The molecule has 0 aromatic heterocycles. The molecule has 7 nitrogen and oxygen atoms in total. The number of nitrogens with two attached hydrogens (primary N) is 1. The van der Waals surface area contributed by atoms with E-state index in [-0.39, 0.29) is 11.3 Å². The molecule has 0 fully saturated rings. The van der Waals surface area contributed by atoms with Crippen LogP contribution >= 0.6 is 0 Å². The van der Waals surface area contributed by atoms with E-state index in [0.29, 0.717) is 0 Å². The number of alkyl halides is 3. The number of rotatable bonds is 5. The molecule has 1 rings (SSSR count). The van der Waals surface area contributed by atoms with E-state index in [1.807, 2.05) is 0 Å². The minimum atomic E-state index is -4.88. The number of halogens is 3. The van der Waals surface area contributed by atoms with Crippen molar-refractivity contribution in [2.75, 3.05) is 12.3 Å². The third-order valence-electron chi connectivity index (χ3n) is 2.30. The van der Waals surface area contributed by atoms with Crippen LogP contribution in [0.25, 0.3) is 10.4 Å². The van der Waals surface area contributed by atoms with Crippen molar-refractivity contribution in [1.29, 1.82) is 0 Å². The fourth-order valence-corrected chi connectivity index (χ4v) is 1.41. The lowest BCUT2D eigenvalue weighted by molar-refractivity contribution is -0.274. The van der Waals surface area contributed by atoms with Crippen LogP contribution in [0.5, 0.6) is 5.75 Å². The van der Waals surface area contributed by atoms with Gasteiger partial charge in [-0.1, -0.05) is 11.2 Å². The molecule has 20 heavy (non-hydrogen) atoms. The maximum atomic E-state index is 12.0. The summed E-state index contributed by atoms with van der Waals surface area (Å²) in [6.45, 7) is -0.391. The Balaban J connectivity index is 2.88. The Morgan fingerprint density at radius 1 is 1.40 bits per heavy atom. The van der Waals surface area contributed by atoms with Crippen LogP contribution in [0.1, 0.15) is 11.7 Å². The van der Waals surface area contributed by atoms with Crippen LogP contribution in [0.4, 0.5) is 18.9 Å². The molecule has 0 radical (unpaired) electrons. The highest BCUT2D eigenvalue weighted by Crippen LogP contribution is 2.31. The van der Waals surface area contributed by atoms with Crippen LogP contribution in [0.2, 0.25) is 0 Å². The van der Waals surface area contributed by atoms with Gasteiger partial charge < -0.3 is 20.7 Å². The molecule has 0 spiro atoms. The summed E-state index contributed by atoms with van der Waals surface area (Å²) < 4.78 is 39.8. The molecule has 10 heteroatoms. The zero-order chi connectivity index (χ0) is 15.3. The topological polar surface area (TPSA) is 124 Å². The molecular formula is C10H11F3N4O3. The Bertz CT molecular complexity index is 517. The van der Waals surface area contributed by atoms with Crippen LogP contribution in [0, 0.1) is 0 Å². The van der Waals surface area contributed by atoms with Gasteiger partial charge in [0.1, 0.15) is 6.10 Å². The van der Waals surface area contributed by atoms with Gasteiger partial charge in [0.25, 0.3) is 0 Å². The third kappa shape index (κ3) is 4.50. The second-order valence-corrected chi connectivity index (χ2v) is 3.77. The smallest absolute Gasteiger partial charge is 0.404 e. The Morgan fingerprint density at radius 2 is 2.05 bits per heavy atom. The summed E-state index contributed by atoms with van der Waals surface area (Å²) in [6.07, 6.45) is -7.74. The van der Waals surface area contributed by atoms with Crippen LogP contribution in [0.15, 0.2) is 23.3 Å². The van der Waals surface area contributed by atoms with Gasteiger partial charge in [0, 0.05) is 4.91 Å². The number of azide groups is 1. The van der Waals surface area contributed by atoms with Gasteiger partial charge in [-0.05, 0) is 23.2 Å². The summed E-state index contributed by atoms with van der Waals surface area (Å²) in [5.74, 6) is -0.613. The number of nitrogen functional groups attached to an aromatic ring is 1. The molecule has 0 bridgehead atoms. The highest BCUT2D eigenvalue weighted by Gasteiger charge is 2.32. The molecule has 0 saturated carbocycles. The van der Waals surface area contributed by atoms with Crippen LogP contribution in [0.3, 0.4) is 0 Å². The van der Waals surface area contributed by atoms with Gasteiger partial charge in [0.2, 0.25) is 0 Å². The van der Waals surface area contributed by atoms with Crippen LogP contribution in [-0.2, 0) is 0 Å². The van der Waals surface area contributed by atoms with Gasteiger partial charge in [0.15, 0.2) is 5.75 Å². The fourth-order valence-electron chi connectivity index (χ4n) is 1.41. The maximum absolute atomic E-state index is 12.0. The first-order valence-corrected chi connectivity index (χ1v) is 5.26. The Hall–Kier alpha value is -2.16. The summed E-state index contributed by atoms with van der Waals surface area (Å²) in [6, 6.07) is 3.06. The Labute approximate surface area is 111 Å². The molecule has 2 unspecified atom stereocenters. The summed E-state index contributed by atoms with van der Waals surface area (Å²) >= 11 is 0. The van der Waals surface area contributed by atoms with Crippen molar-refractivity contribution < 1.29 is 28.1 Å². The summed E-state index contributed by atoms with van der Waals surface area (Å²) in [5.41, 5.74) is 13.2. The summed E-state index contributed by atoms with van der Waals surface area (Å²) in [4.78, 5) is 2.41. The average molecular weight is 292 g/mol. The van der Waals surface area contributed by atoms with E-state index in [4.69, 9.17) is 11.3 Å². The first-order chi connectivity index (χ1) is 9.24. The Morgan fingerprint density at radius 3 is 2.55 bits per heavy atom. The van der Waals surface area contributed by atoms with Crippen molar-refractivity contribution in [1.82, 2.24) is 0 Å². The van der Waals surface area contributed by atoms with Crippen molar-refractivity contribution in [3.05, 3.63) is 34.2 Å². The molecule has 0 aliphatic carbocycles. The van der Waals surface area contributed by atoms with E-state index < -0.39 is 30.9 Å². The van der Waals surface area contributed by atoms with Crippen molar-refractivity contribution in [2.45, 2.75) is 18.6 Å². The van der Waals surface area contributed by atoms with E-state index >= 15 is 0 Å². The average Bonchev–Trinajstić information content (AvgIpc) is 2.36. The summed E-state index contributed by atoms with van der Waals surface area (Å²) in [5, 5.41) is 22.3. The lowest BCUT2D eigenvalue weighted by atomic mass is 10.0. The predicted molar refractivity (Wildman–Crippen MR) is 62.5 cm³/mol. The molecule has 0 saturated heterocycles. The number of benzene rings is 1. The van der Waals surface area contributed by atoms with E-state index in [1.54, 1.807) is 0 Å². The Kier molecular flexibility index (Phi) is 5.03. The first-order valence-electron chi connectivity index (χ1n) is 5.26. The lowest BCUT2D eigenvalue weighted by Gasteiger charge is -2.18. The minimum absolute atomic E-state index is 0.0673. The molecule has 4 N–H and O–H groups in total. The van der Waals surface area contributed by atoms with Crippen molar-refractivity contribution >= 4 is 5.69 Å². The van der Waals surface area contributed by atoms with Gasteiger partial charge in [-0.2, -0.15) is 0 Å². The molecule has 1 aromatic carbocycles. The van der Waals surface area contributed by atoms with Gasteiger partial charge in [0.05, 0.1) is 18.3 Å². The predicted octanol–water partition coefficient (Wildman–Crippen LogP) is 1.87. The number of nitrogens with zero attached hydrogens (tertiary/aromatic N) is 3. The van der Waals surface area contributed by atoms with Crippen molar-refractivity contribution in [3.63, 3.8) is 0 Å². The molecule has 110 valence electrons. The first kappa shape index (κ1) is 15.9. The second kappa shape index (κ2) is 6.33. The number of aliphatic hydroxyl groups excluding tert-OH is 2. The minimum Gasteiger partial charge on any atom is -0.404 e. The zero-order valence-electron chi connectivity index (χ0n) is 9.95. The standard InChI is InChI=1S/C10H11F3N4O3/c11-10(12,13)20-8-2-1-5(3-6(8)14)9(19)7(18)4-16-17-15/h1-3,7,9,18-19H,4,14H2. The van der Waals surface area contributed by atoms with Gasteiger partial charge >= 0.3 is 6.36 Å². The van der Waals surface area contributed by atoms with Crippen molar-refractivity contribution in [3.8, 4) is 5.75 Å². The largest absolute Gasteiger partial charge is 0.573 e. The number of aliphatic hydroxyl groups is 2. The number of hydrogen-bond donors (Lipinski definition) is 3.